The number of sulfone groups is 2. The Labute approximate surface area is 138 Å². The van der Waals surface area contributed by atoms with E-state index < -0.39 is 57.1 Å². The highest BCUT2D eigenvalue weighted by molar-refractivity contribution is 8.31. The summed E-state index contributed by atoms with van der Waals surface area (Å²) in [5.74, 6) is -5.61. The number of hydrogen-bond donors (Lipinski definition) is 0. The van der Waals surface area contributed by atoms with E-state index >= 15 is 0 Å². The Morgan fingerprint density at radius 2 is 1.12 bits per heavy atom. The summed E-state index contributed by atoms with van der Waals surface area (Å²) in [6.45, 7) is 0. The fourth-order valence-electron chi connectivity index (χ4n) is 1.83. The molecule has 0 spiro atoms. The van der Waals surface area contributed by atoms with Crippen LogP contribution in [0.15, 0.2) is 46.2 Å². The van der Waals surface area contributed by atoms with Crippen molar-refractivity contribution >= 4 is 24.1 Å². The molecular formula is C13H6F4N2O4S2. The van der Waals surface area contributed by atoms with Crippen LogP contribution in [0.25, 0.3) is 5.53 Å². The standard InChI is InChI=1S/C13H6F4N2O4S2/c14-7-1-3-11(9(16)5-7)24(20,21)13(19-18)25(22,23)12-4-2-8(15)6-10(12)17/h1-6H. The third-order valence-corrected chi connectivity index (χ3v) is 7.13. The Bertz CT molecular complexity index is 1040. The van der Waals surface area contributed by atoms with Crippen molar-refractivity contribution in [2.75, 3.05) is 0 Å². The Kier molecular flexibility index (Phi) is 4.80. The number of hydrogen-bond acceptors (Lipinski definition) is 4. The molecule has 0 saturated heterocycles. The quantitative estimate of drug-likeness (QED) is 0.194. The lowest BCUT2D eigenvalue weighted by molar-refractivity contribution is 0.00376. The highest BCUT2D eigenvalue weighted by Gasteiger charge is 2.46. The number of benzene rings is 2. The summed E-state index contributed by atoms with van der Waals surface area (Å²) in [6, 6.07) is 2.18. The summed E-state index contributed by atoms with van der Waals surface area (Å²) in [5, 5.41) is 0. The molecule has 0 amide bonds. The lowest BCUT2D eigenvalue weighted by atomic mass is 10.3. The van der Waals surface area contributed by atoms with Gasteiger partial charge < -0.3 is 5.53 Å². The molecular weight excluding hydrogens is 388 g/mol. The Morgan fingerprint density at radius 1 is 0.760 bits per heavy atom. The van der Waals surface area contributed by atoms with E-state index in [-0.39, 0.29) is 12.1 Å². The van der Waals surface area contributed by atoms with Gasteiger partial charge in [0.15, 0.2) is 0 Å². The molecule has 2 aromatic rings. The Hall–Kier alpha value is -2.56. The van der Waals surface area contributed by atoms with E-state index in [1.807, 2.05) is 0 Å². The van der Waals surface area contributed by atoms with Crippen LogP contribution in [0.2, 0.25) is 0 Å². The molecule has 0 N–H and O–H groups in total. The van der Waals surface area contributed by atoms with Gasteiger partial charge in [0.1, 0.15) is 33.1 Å². The molecule has 2 aromatic carbocycles. The van der Waals surface area contributed by atoms with Crippen molar-refractivity contribution in [1.82, 2.24) is 0 Å². The summed E-state index contributed by atoms with van der Waals surface area (Å²) >= 11 is 0. The topological polar surface area (TPSA) is 105 Å². The number of halogens is 4. The molecule has 0 aliphatic rings. The van der Waals surface area contributed by atoms with Crippen molar-refractivity contribution in [2.45, 2.75) is 9.79 Å². The average Bonchev–Trinajstić information content (AvgIpc) is 2.46. The third-order valence-electron chi connectivity index (χ3n) is 2.91. The molecule has 0 bridgehead atoms. The zero-order valence-electron chi connectivity index (χ0n) is 11.8. The van der Waals surface area contributed by atoms with E-state index in [4.69, 9.17) is 5.53 Å². The second-order valence-corrected chi connectivity index (χ2v) is 8.45. The van der Waals surface area contributed by atoms with Crippen molar-refractivity contribution in [3.63, 3.8) is 0 Å². The first-order valence-corrected chi connectivity index (χ1v) is 9.11. The maximum Gasteiger partial charge on any atom is 0.504 e. The summed E-state index contributed by atoms with van der Waals surface area (Å²) in [6.07, 6.45) is 0. The molecule has 0 aromatic heterocycles. The van der Waals surface area contributed by atoms with Gasteiger partial charge in [0, 0.05) is 12.1 Å². The maximum absolute atomic E-state index is 13.7. The summed E-state index contributed by atoms with van der Waals surface area (Å²) < 4.78 is 100. The van der Waals surface area contributed by atoms with Gasteiger partial charge in [-0.3, -0.25) is 0 Å². The van der Waals surface area contributed by atoms with E-state index in [0.717, 1.165) is 0 Å². The molecule has 0 fully saturated rings. The van der Waals surface area contributed by atoms with Crippen LogP contribution < -0.4 is 0 Å². The van der Waals surface area contributed by atoms with Gasteiger partial charge in [-0.15, -0.1) is 4.79 Å². The first-order valence-electron chi connectivity index (χ1n) is 6.14. The predicted octanol–water partition coefficient (Wildman–Crippen LogP) is 2.08. The second kappa shape index (κ2) is 6.39. The Morgan fingerprint density at radius 3 is 1.40 bits per heavy atom. The van der Waals surface area contributed by atoms with Crippen molar-refractivity contribution in [2.24, 2.45) is 0 Å². The van der Waals surface area contributed by atoms with Gasteiger partial charge in [-0.2, -0.15) is 0 Å². The van der Waals surface area contributed by atoms with Crippen LogP contribution in [0.5, 0.6) is 0 Å². The minimum atomic E-state index is -5.32. The first-order chi connectivity index (χ1) is 11.5. The molecule has 132 valence electrons. The number of nitrogens with zero attached hydrogens (tertiary/aromatic N) is 2. The third kappa shape index (κ3) is 3.31. The van der Waals surface area contributed by atoms with E-state index in [9.17, 15) is 34.4 Å². The largest absolute Gasteiger partial charge is 0.504 e. The van der Waals surface area contributed by atoms with Gasteiger partial charge in [0.25, 0.3) is 19.7 Å². The molecule has 2 rings (SSSR count). The lowest BCUT2D eigenvalue weighted by Gasteiger charge is -2.04. The predicted molar refractivity (Wildman–Crippen MR) is 75.7 cm³/mol. The van der Waals surface area contributed by atoms with Crippen molar-refractivity contribution in [1.29, 1.82) is 0 Å². The molecule has 25 heavy (non-hydrogen) atoms. The van der Waals surface area contributed by atoms with Crippen molar-refractivity contribution in [3.8, 4) is 0 Å². The zero-order chi connectivity index (χ0) is 19.0. The molecule has 0 heterocycles. The fourth-order valence-corrected chi connectivity index (χ4v) is 5.24. The van der Waals surface area contributed by atoms with Crippen LogP contribution in [0.4, 0.5) is 17.6 Å². The molecule has 0 aliphatic carbocycles. The van der Waals surface area contributed by atoms with Gasteiger partial charge >= 0.3 is 4.38 Å². The highest BCUT2D eigenvalue weighted by Crippen LogP contribution is 2.24. The first kappa shape index (κ1) is 18.8. The maximum atomic E-state index is 13.7. The lowest BCUT2D eigenvalue weighted by Crippen LogP contribution is -2.27. The van der Waals surface area contributed by atoms with E-state index in [1.54, 1.807) is 0 Å². The van der Waals surface area contributed by atoms with Crippen molar-refractivity contribution in [3.05, 3.63) is 65.2 Å². The highest BCUT2D eigenvalue weighted by atomic mass is 32.3. The summed E-state index contributed by atoms with van der Waals surface area (Å²) in [7, 11) is -10.6. The van der Waals surface area contributed by atoms with Crippen molar-refractivity contribution < 1.29 is 39.2 Å². The van der Waals surface area contributed by atoms with Crippen LogP contribution in [-0.2, 0) is 19.7 Å². The zero-order valence-corrected chi connectivity index (χ0v) is 13.5. The van der Waals surface area contributed by atoms with Crippen LogP contribution in [0.1, 0.15) is 0 Å². The van der Waals surface area contributed by atoms with Gasteiger partial charge in [0.2, 0.25) is 0 Å². The van der Waals surface area contributed by atoms with Gasteiger partial charge in [-0.05, 0) is 24.3 Å². The van der Waals surface area contributed by atoms with E-state index in [2.05, 4.69) is 4.79 Å². The van der Waals surface area contributed by atoms with Crippen LogP contribution >= 0.6 is 0 Å². The minimum absolute atomic E-state index is 0.160. The minimum Gasteiger partial charge on any atom is -0.359 e. The normalized spacial score (nSPS) is 11.8. The molecule has 0 unspecified atom stereocenters. The number of rotatable bonds is 2. The average molecular weight is 394 g/mol. The summed E-state index contributed by atoms with van der Waals surface area (Å²) in [4.78, 5) is -0.493. The SMILES string of the molecule is [N-]=[N+]=C(S(=O)(=O)c1ccc(F)cc1F)S(=O)(=O)c1ccc(F)cc1F. The molecule has 6 nitrogen and oxygen atoms in total. The Balaban J connectivity index is 2.72. The molecule has 0 atom stereocenters. The van der Waals surface area contributed by atoms with Crippen LogP contribution in [-0.4, -0.2) is 26.0 Å². The fraction of sp³-hybridized carbons (Fsp3) is 0. The van der Waals surface area contributed by atoms with Gasteiger partial charge in [0.05, 0.1) is 0 Å². The second-order valence-electron chi connectivity index (χ2n) is 4.52. The van der Waals surface area contributed by atoms with Gasteiger partial charge in [-0.25, -0.2) is 34.4 Å². The molecule has 0 saturated carbocycles. The smallest absolute Gasteiger partial charge is 0.359 e. The van der Waals surface area contributed by atoms with E-state index in [0.29, 0.717) is 24.3 Å². The monoisotopic (exact) mass is 394 g/mol. The van der Waals surface area contributed by atoms with Crippen LogP contribution in [0.3, 0.4) is 0 Å². The summed E-state index contributed by atoms with van der Waals surface area (Å²) in [5.41, 5.74) is 8.85. The molecule has 0 radical (unpaired) electrons. The molecule has 0 aliphatic heterocycles. The van der Waals surface area contributed by atoms with Gasteiger partial charge in [-0.1, -0.05) is 0 Å². The van der Waals surface area contributed by atoms with E-state index in [1.165, 1.54) is 0 Å². The molecule has 12 heteroatoms. The van der Waals surface area contributed by atoms with Crippen LogP contribution in [0, 0.1) is 23.3 Å².